The molecule has 0 unspecified atom stereocenters. The average molecular weight is 287 g/mol. The highest BCUT2D eigenvalue weighted by atomic mass is 32.2. The van der Waals surface area contributed by atoms with Crippen molar-refractivity contribution in [3.05, 3.63) is 59.7 Å². The molecule has 0 bridgehead atoms. The van der Waals surface area contributed by atoms with Gasteiger partial charge in [-0.3, -0.25) is 4.98 Å². The minimum absolute atomic E-state index is 0.199. The molecular weight excluding hydrogens is 273 g/mol. The van der Waals surface area contributed by atoms with E-state index in [1.54, 1.807) is 24.4 Å². The number of halogens is 1. The highest BCUT2D eigenvalue weighted by Gasteiger charge is 2.09. The molecule has 102 valence electrons. The van der Waals surface area contributed by atoms with Crippen molar-refractivity contribution in [2.24, 2.45) is 0 Å². The molecule has 0 saturated heterocycles. The predicted octanol–water partition coefficient (Wildman–Crippen LogP) is 3.62. The van der Waals surface area contributed by atoms with Crippen molar-refractivity contribution in [2.45, 2.75) is 18.4 Å². The van der Waals surface area contributed by atoms with Crippen LogP contribution in [0.25, 0.3) is 0 Å². The second-order valence-electron chi connectivity index (χ2n) is 4.16. The van der Waals surface area contributed by atoms with Gasteiger partial charge in [0, 0.05) is 35.9 Å². The molecule has 1 aromatic carbocycles. The Morgan fingerprint density at radius 1 is 1.35 bits per heavy atom. The second kappa shape index (κ2) is 7.04. The largest absolute Gasteiger partial charge is 0.262 e. The van der Waals surface area contributed by atoms with Gasteiger partial charge in [-0.15, -0.1) is 0 Å². The van der Waals surface area contributed by atoms with Crippen molar-refractivity contribution in [3.63, 3.8) is 0 Å². The summed E-state index contributed by atoms with van der Waals surface area (Å²) >= 11 is 1.47. The molecule has 1 heterocycles. The van der Waals surface area contributed by atoms with Crippen LogP contribution < -0.4 is 0 Å². The lowest BCUT2D eigenvalue weighted by Gasteiger charge is -2.19. The van der Waals surface area contributed by atoms with E-state index in [-0.39, 0.29) is 5.82 Å². The zero-order valence-electron chi connectivity index (χ0n) is 11.1. The van der Waals surface area contributed by atoms with Crippen LogP contribution in [0, 0.1) is 17.1 Å². The summed E-state index contributed by atoms with van der Waals surface area (Å²) in [6.07, 6.45) is 3.23. The molecule has 2 aromatic rings. The highest BCUT2D eigenvalue weighted by Crippen LogP contribution is 2.24. The van der Waals surface area contributed by atoms with Crippen molar-refractivity contribution in [1.29, 1.82) is 5.26 Å². The van der Waals surface area contributed by atoms with Crippen LogP contribution in [-0.4, -0.2) is 15.8 Å². The van der Waals surface area contributed by atoms with E-state index in [4.69, 9.17) is 5.26 Å². The van der Waals surface area contributed by atoms with Gasteiger partial charge in [0.15, 0.2) is 0 Å². The van der Waals surface area contributed by atoms with Gasteiger partial charge in [-0.25, -0.2) is 8.70 Å². The molecule has 1 aromatic heterocycles. The van der Waals surface area contributed by atoms with Gasteiger partial charge in [0.2, 0.25) is 0 Å². The molecule has 20 heavy (non-hydrogen) atoms. The van der Waals surface area contributed by atoms with E-state index in [0.717, 1.165) is 11.4 Å². The first kappa shape index (κ1) is 14.5. The van der Waals surface area contributed by atoms with Gasteiger partial charge < -0.3 is 0 Å². The van der Waals surface area contributed by atoms with Crippen LogP contribution >= 0.6 is 11.9 Å². The summed E-state index contributed by atoms with van der Waals surface area (Å²) in [4.78, 5) is 4.90. The van der Waals surface area contributed by atoms with Gasteiger partial charge in [-0.05, 0) is 24.1 Å². The fourth-order valence-electron chi connectivity index (χ4n) is 1.70. The number of nitrogens with zero attached hydrogens (tertiary/aromatic N) is 3. The Kier molecular flexibility index (Phi) is 5.10. The molecule has 5 heteroatoms. The Morgan fingerprint density at radius 3 is 2.85 bits per heavy atom. The zero-order valence-corrected chi connectivity index (χ0v) is 11.9. The maximum Gasteiger partial charge on any atom is 0.127 e. The van der Waals surface area contributed by atoms with Crippen molar-refractivity contribution < 1.29 is 4.39 Å². The highest BCUT2D eigenvalue weighted by molar-refractivity contribution is 7.97. The molecule has 0 aliphatic carbocycles. The molecule has 0 spiro atoms. The Balaban J connectivity index is 2.09. The fourth-order valence-corrected chi connectivity index (χ4v) is 2.62. The van der Waals surface area contributed by atoms with E-state index >= 15 is 0 Å². The number of aromatic nitrogens is 1. The van der Waals surface area contributed by atoms with Crippen LogP contribution in [0.2, 0.25) is 0 Å². The van der Waals surface area contributed by atoms with Crippen LogP contribution in [0.5, 0.6) is 0 Å². The topological polar surface area (TPSA) is 39.9 Å². The predicted molar refractivity (Wildman–Crippen MR) is 77.3 cm³/mol. The van der Waals surface area contributed by atoms with Crippen LogP contribution in [0.1, 0.15) is 18.1 Å². The number of hydrogen-bond acceptors (Lipinski definition) is 4. The Morgan fingerprint density at radius 2 is 2.15 bits per heavy atom. The van der Waals surface area contributed by atoms with Crippen LogP contribution in [0.4, 0.5) is 4.39 Å². The quantitative estimate of drug-likeness (QED) is 0.787. The van der Waals surface area contributed by atoms with Crippen LogP contribution in [0.15, 0.2) is 47.6 Å². The Hall–Kier alpha value is -1.90. The number of nitriles is 1. The molecule has 2 rings (SSSR count). The summed E-state index contributed by atoms with van der Waals surface area (Å²) in [7, 11) is 0. The lowest BCUT2D eigenvalue weighted by molar-refractivity contribution is 0.474. The zero-order chi connectivity index (χ0) is 14.4. The minimum Gasteiger partial charge on any atom is -0.262 e. The Labute approximate surface area is 122 Å². The smallest absolute Gasteiger partial charge is 0.127 e. The fraction of sp³-hybridized carbons (Fsp3) is 0.200. The van der Waals surface area contributed by atoms with E-state index < -0.39 is 0 Å². The lowest BCUT2D eigenvalue weighted by atomic mass is 10.2. The number of rotatable bonds is 5. The summed E-state index contributed by atoms with van der Waals surface area (Å²) in [6.45, 7) is 3.27. The molecule has 0 atom stereocenters. The van der Waals surface area contributed by atoms with E-state index in [9.17, 15) is 4.39 Å². The first-order valence-electron chi connectivity index (χ1n) is 6.24. The number of pyridine rings is 1. The molecule has 0 aliphatic rings. The first-order valence-corrected chi connectivity index (χ1v) is 7.01. The van der Waals surface area contributed by atoms with Crippen LogP contribution in [-0.2, 0) is 6.54 Å². The van der Waals surface area contributed by atoms with E-state index in [2.05, 4.69) is 11.1 Å². The molecule has 3 nitrogen and oxygen atoms in total. The minimum atomic E-state index is -0.199. The van der Waals surface area contributed by atoms with Crippen molar-refractivity contribution in [3.8, 4) is 6.07 Å². The third-order valence-corrected chi connectivity index (χ3v) is 3.81. The third-order valence-electron chi connectivity index (χ3n) is 2.73. The Bertz CT molecular complexity index is 625. The standard InChI is InChI=1S/C15H14FN3S/c1-2-19(11-13-5-3-4-6-15(13)16)20-14-7-12(8-17)9-18-10-14/h3-7,9-10H,2,11H2,1H3. The second-order valence-corrected chi connectivity index (χ2v) is 5.33. The summed E-state index contributed by atoms with van der Waals surface area (Å²) in [5, 5.41) is 8.86. The lowest BCUT2D eigenvalue weighted by Crippen LogP contribution is -2.15. The van der Waals surface area contributed by atoms with Gasteiger partial charge in [-0.1, -0.05) is 25.1 Å². The average Bonchev–Trinajstić information content (AvgIpc) is 2.49. The maximum absolute atomic E-state index is 13.7. The maximum atomic E-state index is 13.7. The summed E-state index contributed by atoms with van der Waals surface area (Å²) in [6, 6.07) is 10.6. The molecular formula is C15H14FN3S. The summed E-state index contributed by atoms with van der Waals surface area (Å²) < 4.78 is 15.7. The van der Waals surface area contributed by atoms with Gasteiger partial charge in [0.05, 0.1) is 5.56 Å². The van der Waals surface area contributed by atoms with Crippen molar-refractivity contribution in [2.75, 3.05) is 6.54 Å². The summed E-state index contributed by atoms with van der Waals surface area (Å²) in [5.41, 5.74) is 1.18. The van der Waals surface area contributed by atoms with Gasteiger partial charge in [-0.2, -0.15) is 5.26 Å². The number of benzene rings is 1. The van der Waals surface area contributed by atoms with Gasteiger partial charge in [0.1, 0.15) is 11.9 Å². The van der Waals surface area contributed by atoms with E-state index in [1.807, 2.05) is 17.3 Å². The van der Waals surface area contributed by atoms with Crippen molar-refractivity contribution >= 4 is 11.9 Å². The molecule has 0 radical (unpaired) electrons. The third kappa shape index (κ3) is 3.80. The summed E-state index contributed by atoms with van der Waals surface area (Å²) in [5.74, 6) is -0.199. The van der Waals surface area contributed by atoms with E-state index in [1.165, 1.54) is 24.2 Å². The van der Waals surface area contributed by atoms with E-state index in [0.29, 0.717) is 17.7 Å². The molecule has 0 fully saturated rings. The normalized spacial score (nSPS) is 10.5. The first-order chi connectivity index (χ1) is 9.72. The molecule has 0 amide bonds. The monoisotopic (exact) mass is 287 g/mol. The van der Waals surface area contributed by atoms with Gasteiger partial charge >= 0.3 is 0 Å². The van der Waals surface area contributed by atoms with Crippen molar-refractivity contribution in [1.82, 2.24) is 9.29 Å². The SMILES string of the molecule is CCN(Cc1ccccc1F)Sc1cncc(C#N)c1. The number of hydrogen-bond donors (Lipinski definition) is 0. The molecule has 0 saturated carbocycles. The van der Waals surface area contributed by atoms with Gasteiger partial charge in [0.25, 0.3) is 0 Å². The van der Waals surface area contributed by atoms with Crippen LogP contribution in [0.3, 0.4) is 0 Å². The molecule has 0 aliphatic heterocycles. The molecule has 0 N–H and O–H groups in total.